The Morgan fingerprint density at radius 3 is 2.13 bits per heavy atom. The number of carbonyl (C=O) groups excluding carboxylic acids is 2. The zero-order valence-corrected chi connectivity index (χ0v) is 17.5. The third-order valence-electron chi connectivity index (χ3n) is 5.61. The fourth-order valence-electron chi connectivity index (χ4n) is 4.13. The van der Waals surface area contributed by atoms with E-state index in [1.54, 1.807) is 6.07 Å². The molecule has 0 radical (unpaired) electrons. The number of piperazine rings is 1. The van der Waals surface area contributed by atoms with Crippen molar-refractivity contribution < 1.29 is 14.0 Å². The zero-order valence-electron chi connectivity index (χ0n) is 16.7. The molecule has 0 N–H and O–H groups in total. The first-order chi connectivity index (χ1) is 15.1. The van der Waals surface area contributed by atoms with Crippen molar-refractivity contribution in [3.63, 3.8) is 0 Å². The number of anilines is 2. The Balaban J connectivity index is 1.48. The van der Waals surface area contributed by atoms with Gasteiger partial charge < -0.3 is 9.80 Å². The van der Waals surface area contributed by atoms with Crippen molar-refractivity contribution in [2.75, 3.05) is 36.0 Å². The van der Waals surface area contributed by atoms with E-state index < -0.39 is 17.6 Å². The summed E-state index contributed by atoms with van der Waals surface area (Å²) in [7, 11) is 0. The Hall–Kier alpha value is -3.45. The standard InChI is InChI=1S/C24H20FN3O2S/c25-17-6-4-9-19(16-17)28-23(29)21(20-10-5-15-31-20)22(24(28)30)27-13-11-26(12-14-27)18-7-2-1-3-8-18/h1-10,15-16H,11-14H2. The predicted molar refractivity (Wildman–Crippen MR) is 120 cm³/mol. The monoisotopic (exact) mass is 433 g/mol. The lowest BCUT2D eigenvalue weighted by Crippen LogP contribution is -2.47. The zero-order chi connectivity index (χ0) is 21.4. The van der Waals surface area contributed by atoms with Crippen LogP contribution in [0.1, 0.15) is 4.88 Å². The lowest BCUT2D eigenvalue weighted by Gasteiger charge is -2.37. The molecule has 5 nitrogen and oxygen atoms in total. The molecule has 156 valence electrons. The summed E-state index contributed by atoms with van der Waals surface area (Å²) >= 11 is 1.42. The molecular weight excluding hydrogens is 413 g/mol. The molecule has 1 saturated heterocycles. The average molecular weight is 434 g/mol. The number of thiophene rings is 1. The summed E-state index contributed by atoms with van der Waals surface area (Å²) in [6.07, 6.45) is 0. The number of hydrogen-bond acceptors (Lipinski definition) is 5. The number of rotatable bonds is 4. The van der Waals surface area contributed by atoms with Crippen molar-refractivity contribution in [1.82, 2.24) is 4.90 Å². The quantitative estimate of drug-likeness (QED) is 0.584. The van der Waals surface area contributed by atoms with Gasteiger partial charge in [-0.2, -0.15) is 0 Å². The van der Waals surface area contributed by atoms with Gasteiger partial charge in [0, 0.05) is 36.7 Å². The second kappa shape index (κ2) is 8.00. The first kappa shape index (κ1) is 19.5. The molecule has 1 fully saturated rings. The van der Waals surface area contributed by atoms with Gasteiger partial charge in [-0.1, -0.05) is 30.3 Å². The highest BCUT2D eigenvalue weighted by Crippen LogP contribution is 2.37. The maximum Gasteiger partial charge on any atom is 0.282 e. The minimum atomic E-state index is -0.485. The van der Waals surface area contributed by atoms with Crippen LogP contribution in [0.3, 0.4) is 0 Å². The van der Waals surface area contributed by atoms with Crippen LogP contribution < -0.4 is 9.80 Å². The van der Waals surface area contributed by atoms with E-state index in [2.05, 4.69) is 17.0 Å². The van der Waals surface area contributed by atoms with Crippen molar-refractivity contribution in [3.05, 3.63) is 88.5 Å². The molecule has 0 bridgehead atoms. The molecule has 0 atom stereocenters. The number of carbonyl (C=O) groups is 2. The van der Waals surface area contributed by atoms with E-state index in [0.717, 1.165) is 28.6 Å². The van der Waals surface area contributed by atoms with E-state index in [0.29, 0.717) is 24.4 Å². The molecule has 0 spiro atoms. The number of benzene rings is 2. The smallest absolute Gasteiger partial charge is 0.282 e. The summed E-state index contributed by atoms with van der Waals surface area (Å²) in [5.41, 5.74) is 2.20. The van der Waals surface area contributed by atoms with Crippen LogP contribution in [0.4, 0.5) is 15.8 Å². The van der Waals surface area contributed by atoms with Gasteiger partial charge in [-0.15, -0.1) is 11.3 Å². The normalized spacial score (nSPS) is 17.1. The van der Waals surface area contributed by atoms with Crippen LogP contribution in [0.2, 0.25) is 0 Å². The Kier molecular flexibility index (Phi) is 5.03. The minimum Gasteiger partial charge on any atom is -0.368 e. The number of hydrogen-bond donors (Lipinski definition) is 0. The third kappa shape index (κ3) is 3.51. The second-order valence-corrected chi connectivity index (χ2v) is 8.38. The molecule has 2 aliphatic heterocycles. The van der Waals surface area contributed by atoms with Gasteiger partial charge in [0.1, 0.15) is 11.5 Å². The van der Waals surface area contributed by atoms with Crippen LogP contribution in [0.15, 0.2) is 77.8 Å². The average Bonchev–Trinajstić information content (AvgIpc) is 3.40. The van der Waals surface area contributed by atoms with Gasteiger partial charge >= 0.3 is 0 Å². The summed E-state index contributed by atoms with van der Waals surface area (Å²) in [5.74, 6) is -1.29. The largest absolute Gasteiger partial charge is 0.368 e. The van der Waals surface area contributed by atoms with Crippen molar-refractivity contribution >= 4 is 40.1 Å². The SMILES string of the molecule is O=C1C(c2cccs2)=C(N2CCN(c3ccccc3)CC2)C(=O)N1c1cccc(F)c1. The van der Waals surface area contributed by atoms with E-state index in [1.165, 1.54) is 29.5 Å². The van der Waals surface area contributed by atoms with E-state index in [-0.39, 0.29) is 5.69 Å². The Morgan fingerprint density at radius 2 is 1.45 bits per heavy atom. The Labute approximate surface area is 183 Å². The lowest BCUT2D eigenvalue weighted by atomic mass is 10.1. The third-order valence-corrected chi connectivity index (χ3v) is 6.50. The molecule has 2 aromatic carbocycles. The second-order valence-electron chi connectivity index (χ2n) is 7.44. The molecule has 0 aliphatic carbocycles. The first-order valence-electron chi connectivity index (χ1n) is 10.1. The number of amides is 2. The highest BCUT2D eigenvalue weighted by molar-refractivity contribution is 7.11. The first-order valence-corrected chi connectivity index (χ1v) is 11.0. The molecule has 1 aromatic heterocycles. The molecule has 2 amide bonds. The fourth-order valence-corrected chi connectivity index (χ4v) is 4.89. The molecular formula is C24H20FN3O2S. The van der Waals surface area contributed by atoms with Gasteiger partial charge in [0.05, 0.1) is 11.3 Å². The summed E-state index contributed by atoms with van der Waals surface area (Å²) in [6.45, 7) is 2.73. The molecule has 3 heterocycles. The van der Waals surface area contributed by atoms with Gasteiger partial charge in [-0.3, -0.25) is 9.59 Å². The molecule has 31 heavy (non-hydrogen) atoms. The van der Waals surface area contributed by atoms with Gasteiger partial charge in [-0.05, 0) is 41.8 Å². The van der Waals surface area contributed by atoms with Crippen LogP contribution >= 0.6 is 11.3 Å². The molecule has 5 rings (SSSR count). The van der Waals surface area contributed by atoms with Gasteiger partial charge in [0.15, 0.2) is 0 Å². The summed E-state index contributed by atoms with van der Waals surface area (Å²) in [6, 6.07) is 19.5. The molecule has 3 aromatic rings. The Morgan fingerprint density at radius 1 is 0.742 bits per heavy atom. The minimum absolute atomic E-state index is 0.252. The van der Waals surface area contributed by atoms with E-state index >= 15 is 0 Å². The molecule has 0 saturated carbocycles. The van der Waals surface area contributed by atoms with Crippen molar-refractivity contribution in [3.8, 4) is 0 Å². The number of nitrogens with zero attached hydrogens (tertiary/aromatic N) is 3. The van der Waals surface area contributed by atoms with Gasteiger partial charge in [0.25, 0.3) is 11.8 Å². The van der Waals surface area contributed by atoms with Gasteiger partial charge in [0.2, 0.25) is 0 Å². The molecule has 7 heteroatoms. The van der Waals surface area contributed by atoms with E-state index in [4.69, 9.17) is 0 Å². The maximum absolute atomic E-state index is 13.8. The Bertz CT molecular complexity index is 1150. The number of para-hydroxylation sites is 1. The molecule has 0 unspecified atom stereocenters. The fraction of sp³-hybridized carbons (Fsp3) is 0.167. The summed E-state index contributed by atoms with van der Waals surface area (Å²) < 4.78 is 13.8. The van der Waals surface area contributed by atoms with Crippen LogP contribution in [-0.4, -0.2) is 42.9 Å². The van der Waals surface area contributed by atoms with Crippen molar-refractivity contribution in [1.29, 1.82) is 0 Å². The highest BCUT2D eigenvalue weighted by atomic mass is 32.1. The highest BCUT2D eigenvalue weighted by Gasteiger charge is 2.43. The van der Waals surface area contributed by atoms with Crippen molar-refractivity contribution in [2.24, 2.45) is 0 Å². The summed E-state index contributed by atoms with van der Waals surface area (Å²) in [5, 5.41) is 1.88. The van der Waals surface area contributed by atoms with Crippen LogP contribution in [0.25, 0.3) is 5.57 Å². The summed E-state index contributed by atoms with van der Waals surface area (Å²) in [4.78, 5) is 32.9. The van der Waals surface area contributed by atoms with E-state index in [1.807, 2.05) is 40.6 Å². The van der Waals surface area contributed by atoms with Crippen LogP contribution in [-0.2, 0) is 9.59 Å². The molecule has 2 aliphatic rings. The number of halogens is 1. The maximum atomic E-state index is 13.8. The topological polar surface area (TPSA) is 43.9 Å². The van der Waals surface area contributed by atoms with Crippen LogP contribution in [0, 0.1) is 5.82 Å². The van der Waals surface area contributed by atoms with E-state index in [9.17, 15) is 14.0 Å². The number of imide groups is 1. The lowest BCUT2D eigenvalue weighted by molar-refractivity contribution is -0.120. The van der Waals surface area contributed by atoms with Crippen LogP contribution in [0.5, 0.6) is 0 Å². The van der Waals surface area contributed by atoms with Gasteiger partial charge in [-0.25, -0.2) is 9.29 Å². The predicted octanol–water partition coefficient (Wildman–Crippen LogP) is 3.99. The van der Waals surface area contributed by atoms with Crippen molar-refractivity contribution in [2.45, 2.75) is 0 Å².